The average Bonchev–Trinajstić information content (AvgIpc) is 2.23. The molecule has 0 N–H and O–H groups in total. The molecule has 1 atom stereocenters. The maximum Gasteiger partial charge on any atom is 0.410 e. The Morgan fingerprint density at radius 2 is 2.07 bits per heavy atom. The van der Waals surface area contributed by atoms with Gasteiger partial charge in [-0.2, -0.15) is 0 Å². The van der Waals surface area contributed by atoms with Crippen molar-refractivity contribution < 1.29 is 9.53 Å². The lowest BCUT2D eigenvalue weighted by atomic mass is 10.1. The van der Waals surface area contributed by atoms with Gasteiger partial charge in [0.2, 0.25) is 0 Å². The summed E-state index contributed by atoms with van der Waals surface area (Å²) in [7, 11) is 1.75. The van der Waals surface area contributed by atoms with Crippen molar-refractivity contribution in [1.29, 1.82) is 0 Å². The van der Waals surface area contributed by atoms with Crippen LogP contribution in [0.2, 0.25) is 0 Å². The fourth-order valence-electron chi connectivity index (χ4n) is 1.58. The van der Waals surface area contributed by atoms with Crippen LogP contribution in [0.4, 0.5) is 4.79 Å². The van der Waals surface area contributed by atoms with Crippen molar-refractivity contribution in [1.82, 2.24) is 4.90 Å². The Hall–Kier alpha value is -1.51. The Morgan fingerprint density at radius 3 is 2.71 bits per heavy atom. The average molecular weight is 191 g/mol. The molecule has 1 saturated heterocycles. The Kier molecular flexibility index (Phi) is 2.39. The van der Waals surface area contributed by atoms with Crippen LogP contribution in [0.1, 0.15) is 18.1 Å². The van der Waals surface area contributed by atoms with Crippen LogP contribution in [0.25, 0.3) is 0 Å². The van der Waals surface area contributed by atoms with Crippen molar-refractivity contribution in [2.45, 2.75) is 12.5 Å². The molecule has 0 unspecified atom stereocenters. The van der Waals surface area contributed by atoms with Gasteiger partial charge in [-0.05, 0) is 5.56 Å². The van der Waals surface area contributed by atoms with Gasteiger partial charge in [-0.1, -0.05) is 30.3 Å². The number of rotatable bonds is 1. The standard InChI is InChI=1S/C11H13NO2/c1-12-8-7-10(14-11(12)13)9-5-3-2-4-6-9/h2-6,10H,7-8H2,1H3/t10-/m0/s1. The molecule has 0 aliphatic carbocycles. The van der Waals surface area contributed by atoms with E-state index < -0.39 is 0 Å². The molecule has 2 rings (SSSR count). The van der Waals surface area contributed by atoms with E-state index in [0.717, 1.165) is 18.5 Å². The smallest absolute Gasteiger partial charge is 0.410 e. The molecule has 0 spiro atoms. The summed E-state index contributed by atoms with van der Waals surface area (Å²) >= 11 is 0. The van der Waals surface area contributed by atoms with Gasteiger partial charge in [0.25, 0.3) is 0 Å². The van der Waals surface area contributed by atoms with Gasteiger partial charge in [0.15, 0.2) is 0 Å². The third-order valence-electron chi connectivity index (χ3n) is 2.45. The van der Waals surface area contributed by atoms with E-state index in [9.17, 15) is 4.79 Å². The van der Waals surface area contributed by atoms with Crippen molar-refractivity contribution in [2.75, 3.05) is 13.6 Å². The van der Waals surface area contributed by atoms with Gasteiger partial charge < -0.3 is 9.64 Å². The molecule has 1 aliphatic heterocycles. The van der Waals surface area contributed by atoms with E-state index in [4.69, 9.17) is 4.74 Å². The molecule has 1 aromatic carbocycles. The lowest BCUT2D eigenvalue weighted by Crippen LogP contribution is -2.35. The highest BCUT2D eigenvalue weighted by Gasteiger charge is 2.25. The zero-order valence-electron chi connectivity index (χ0n) is 8.14. The normalized spacial score (nSPS) is 21.9. The quantitative estimate of drug-likeness (QED) is 0.681. The monoisotopic (exact) mass is 191 g/mol. The van der Waals surface area contributed by atoms with Crippen LogP contribution in [0, 0.1) is 0 Å². The van der Waals surface area contributed by atoms with Gasteiger partial charge in [-0.15, -0.1) is 0 Å². The summed E-state index contributed by atoms with van der Waals surface area (Å²) in [6.45, 7) is 0.762. The Balaban J connectivity index is 2.11. The van der Waals surface area contributed by atoms with E-state index in [1.54, 1.807) is 11.9 Å². The lowest BCUT2D eigenvalue weighted by Gasteiger charge is -2.29. The van der Waals surface area contributed by atoms with E-state index in [1.807, 2.05) is 30.3 Å². The third kappa shape index (κ3) is 1.71. The number of hydrogen-bond acceptors (Lipinski definition) is 2. The first kappa shape index (κ1) is 9.06. The maximum atomic E-state index is 11.3. The summed E-state index contributed by atoms with van der Waals surface area (Å²) in [6.07, 6.45) is 0.566. The van der Waals surface area contributed by atoms with Crippen molar-refractivity contribution >= 4 is 6.09 Å². The van der Waals surface area contributed by atoms with Crippen LogP contribution < -0.4 is 0 Å². The minimum atomic E-state index is -0.231. The van der Waals surface area contributed by atoms with Crippen molar-refractivity contribution in [3.05, 3.63) is 35.9 Å². The molecule has 1 amide bonds. The van der Waals surface area contributed by atoms with Gasteiger partial charge in [0.05, 0.1) is 0 Å². The molecule has 0 bridgehead atoms. The van der Waals surface area contributed by atoms with E-state index >= 15 is 0 Å². The predicted molar refractivity (Wildman–Crippen MR) is 52.9 cm³/mol. The number of carbonyl (C=O) groups is 1. The van der Waals surface area contributed by atoms with E-state index in [-0.39, 0.29) is 12.2 Å². The summed E-state index contributed by atoms with van der Waals surface area (Å²) < 4.78 is 5.27. The molecule has 1 aliphatic rings. The maximum absolute atomic E-state index is 11.3. The second-order valence-corrected chi connectivity index (χ2v) is 3.49. The number of ether oxygens (including phenoxy) is 1. The van der Waals surface area contributed by atoms with Crippen LogP contribution in [0.5, 0.6) is 0 Å². The second-order valence-electron chi connectivity index (χ2n) is 3.49. The summed E-state index contributed by atoms with van der Waals surface area (Å²) in [5.74, 6) is 0. The molecule has 14 heavy (non-hydrogen) atoms. The van der Waals surface area contributed by atoms with E-state index in [1.165, 1.54) is 0 Å². The number of cyclic esters (lactones) is 1. The van der Waals surface area contributed by atoms with E-state index in [2.05, 4.69) is 0 Å². The molecule has 0 radical (unpaired) electrons. The zero-order valence-corrected chi connectivity index (χ0v) is 8.14. The first-order valence-corrected chi connectivity index (χ1v) is 4.74. The molecular formula is C11H13NO2. The van der Waals surface area contributed by atoms with Crippen LogP contribution >= 0.6 is 0 Å². The molecule has 0 aromatic heterocycles. The molecular weight excluding hydrogens is 178 g/mol. The molecule has 1 aromatic rings. The SMILES string of the molecule is CN1CC[C@@H](c2ccccc2)OC1=O. The predicted octanol–water partition coefficient (Wildman–Crippen LogP) is 2.20. The number of amides is 1. The fraction of sp³-hybridized carbons (Fsp3) is 0.364. The molecule has 1 fully saturated rings. The van der Waals surface area contributed by atoms with Crippen molar-refractivity contribution in [2.24, 2.45) is 0 Å². The number of nitrogens with zero attached hydrogens (tertiary/aromatic N) is 1. The highest BCUT2D eigenvalue weighted by atomic mass is 16.6. The summed E-state index contributed by atoms with van der Waals surface area (Å²) in [4.78, 5) is 12.9. The van der Waals surface area contributed by atoms with Crippen LogP contribution in [0.3, 0.4) is 0 Å². The number of carbonyl (C=O) groups excluding carboxylic acids is 1. The molecule has 3 heteroatoms. The van der Waals surface area contributed by atoms with Crippen LogP contribution in [0.15, 0.2) is 30.3 Å². The first-order chi connectivity index (χ1) is 6.77. The number of benzene rings is 1. The van der Waals surface area contributed by atoms with Crippen LogP contribution in [-0.2, 0) is 4.74 Å². The fourth-order valence-corrected chi connectivity index (χ4v) is 1.58. The third-order valence-corrected chi connectivity index (χ3v) is 2.45. The highest BCUT2D eigenvalue weighted by Crippen LogP contribution is 2.25. The minimum absolute atomic E-state index is 0.0695. The zero-order chi connectivity index (χ0) is 9.97. The van der Waals surface area contributed by atoms with Gasteiger partial charge >= 0.3 is 6.09 Å². The number of hydrogen-bond donors (Lipinski definition) is 0. The molecule has 74 valence electrons. The van der Waals surface area contributed by atoms with Crippen LogP contribution in [-0.4, -0.2) is 24.6 Å². The second kappa shape index (κ2) is 3.70. The minimum Gasteiger partial charge on any atom is -0.441 e. The Morgan fingerprint density at radius 1 is 1.36 bits per heavy atom. The Labute approximate surface area is 83.3 Å². The van der Waals surface area contributed by atoms with Gasteiger partial charge in [-0.25, -0.2) is 4.79 Å². The van der Waals surface area contributed by atoms with Crippen molar-refractivity contribution in [3.8, 4) is 0 Å². The molecule has 3 nitrogen and oxygen atoms in total. The van der Waals surface area contributed by atoms with Gasteiger partial charge in [0, 0.05) is 20.0 Å². The van der Waals surface area contributed by atoms with Crippen molar-refractivity contribution in [3.63, 3.8) is 0 Å². The largest absolute Gasteiger partial charge is 0.441 e. The van der Waals surface area contributed by atoms with E-state index in [0.29, 0.717) is 0 Å². The first-order valence-electron chi connectivity index (χ1n) is 4.74. The topological polar surface area (TPSA) is 29.5 Å². The molecule has 0 saturated carbocycles. The summed E-state index contributed by atoms with van der Waals surface area (Å²) in [5, 5.41) is 0. The summed E-state index contributed by atoms with van der Waals surface area (Å²) in [5.41, 5.74) is 1.08. The lowest BCUT2D eigenvalue weighted by molar-refractivity contribution is 0.0324. The summed E-state index contributed by atoms with van der Waals surface area (Å²) in [6, 6.07) is 9.86. The highest BCUT2D eigenvalue weighted by molar-refractivity contribution is 5.68. The van der Waals surface area contributed by atoms with Gasteiger partial charge in [-0.3, -0.25) is 0 Å². The van der Waals surface area contributed by atoms with Gasteiger partial charge in [0.1, 0.15) is 6.10 Å². The Bertz CT molecular complexity index is 323. The molecule has 1 heterocycles.